The van der Waals surface area contributed by atoms with E-state index < -0.39 is 0 Å². The smallest absolute Gasteiger partial charge is 0.244 e. The van der Waals surface area contributed by atoms with Crippen LogP contribution in [0.25, 0.3) is 6.08 Å². The molecule has 0 aliphatic carbocycles. The number of carbonyl (C=O) groups excluding carboxylic acids is 1. The molecule has 0 bridgehead atoms. The molecule has 2 aromatic carbocycles. The highest BCUT2D eigenvalue weighted by Gasteiger charge is 2.15. The third-order valence-corrected chi connectivity index (χ3v) is 4.18. The summed E-state index contributed by atoms with van der Waals surface area (Å²) in [5.41, 5.74) is 1.54. The summed E-state index contributed by atoms with van der Waals surface area (Å²) in [4.78, 5) is 14.2. The molecule has 0 saturated heterocycles. The van der Waals surface area contributed by atoms with Gasteiger partial charge in [0.05, 0.1) is 20.3 Å². The Morgan fingerprint density at radius 3 is 2.59 bits per heavy atom. The van der Waals surface area contributed by atoms with Crippen LogP contribution in [0.1, 0.15) is 17.2 Å². The van der Waals surface area contributed by atoms with Crippen molar-refractivity contribution < 1.29 is 18.7 Å². The van der Waals surface area contributed by atoms with Gasteiger partial charge >= 0.3 is 0 Å². The number of hydrogen-bond donors (Lipinski definition) is 1. The van der Waals surface area contributed by atoms with Crippen LogP contribution in [0.2, 0.25) is 0 Å². The molecule has 144 valence electrons. The van der Waals surface area contributed by atoms with E-state index in [1.807, 2.05) is 25.1 Å². The normalized spacial score (nSPS) is 12.2. The van der Waals surface area contributed by atoms with Gasteiger partial charge in [-0.15, -0.1) is 0 Å². The number of rotatable bonds is 8. The molecular weight excluding hydrogens is 347 g/mol. The lowest BCUT2D eigenvalue weighted by Gasteiger charge is -2.25. The highest BCUT2D eigenvalue weighted by Crippen LogP contribution is 2.25. The van der Waals surface area contributed by atoms with Crippen LogP contribution in [0.5, 0.6) is 11.5 Å². The molecule has 0 spiro atoms. The van der Waals surface area contributed by atoms with E-state index in [0.717, 1.165) is 11.1 Å². The SMILES string of the molecule is COc1ccc(OC)c(/C=C/C(=O)NC[C@H](c2cccc(F)c2)N(C)C)c1. The summed E-state index contributed by atoms with van der Waals surface area (Å²) in [7, 11) is 6.92. The lowest BCUT2D eigenvalue weighted by atomic mass is 10.1. The molecule has 27 heavy (non-hydrogen) atoms. The van der Waals surface area contributed by atoms with E-state index in [9.17, 15) is 9.18 Å². The maximum Gasteiger partial charge on any atom is 0.244 e. The molecule has 1 atom stereocenters. The number of amides is 1. The van der Waals surface area contributed by atoms with Gasteiger partial charge in [0, 0.05) is 18.2 Å². The number of hydrogen-bond acceptors (Lipinski definition) is 4. The summed E-state index contributed by atoms with van der Waals surface area (Å²) >= 11 is 0. The van der Waals surface area contributed by atoms with Crippen LogP contribution in [-0.4, -0.2) is 45.7 Å². The number of ether oxygens (including phenoxy) is 2. The maximum absolute atomic E-state index is 13.5. The van der Waals surface area contributed by atoms with E-state index in [4.69, 9.17) is 9.47 Å². The molecule has 0 unspecified atom stereocenters. The second-order valence-electron chi connectivity index (χ2n) is 6.22. The number of methoxy groups -OCH3 is 2. The fraction of sp³-hybridized carbons (Fsp3) is 0.286. The van der Waals surface area contributed by atoms with E-state index in [1.54, 1.807) is 44.6 Å². The minimum absolute atomic E-state index is 0.135. The Balaban J connectivity index is 2.05. The molecule has 0 aromatic heterocycles. The molecular formula is C21H25FN2O3. The van der Waals surface area contributed by atoms with Crippen LogP contribution in [0.3, 0.4) is 0 Å². The molecule has 0 aliphatic rings. The lowest BCUT2D eigenvalue weighted by molar-refractivity contribution is -0.116. The van der Waals surface area contributed by atoms with E-state index in [0.29, 0.717) is 18.0 Å². The molecule has 0 saturated carbocycles. The zero-order valence-electron chi connectivity index (χ0n) is 16.0. The van der Waals surface area contributed by atoms with Crippen molar-refractivity contribution in [3.8, 4) is 11.5 Å². The van der Waals surface area contributed by atoms with Crippen molar-refractivity contribution in [1.29, 1.82) is 0 Å². The van der Waals surface area contributed by atoms with Gasteiger partial charge in [0.1, 0.15) is 17.3 Å². The van der Waals surface area contributed by atoms with E-state index >= 15 is 0 Å². The number of benzene rings is 2. The van der Waals surface area contributed by atoms with Crippen LogP contribution >= 0.6 is 0 Å². The maximum atomic E-state index is 13.5. The molecule has 2 aromatic rings. The molecule has 1 N–H and O–H groups in total. The Morgan fingerprint density at radius 1 is 1.19 bits per heavy atom. The van der Waals surface area contributed by atoms with Gasteiger partial charge in [0.2, 0.25) is 5.91 Å². The second kappa shape index (κ2) is 9.73. The predicted octanol–water partition coefficient (Wildman–Crippen LogP) is 3.28. The number of nitrogens with zero attached hydrogens (tertiary/aromatic N) is 1. The minimum Gasteiger partial charge on any atom is -0.497 e. The van der Waals surface area contributed by atoms with Crippen molar-refractivity contribution in [2.24, 2.45) is 0 Å². The van der Waals surface area contributed by atoms with Crippen molar-refractivity contribution in [2.75, 3.05) is 34.9 Å². The first-order valence-electron chi connectivity index (χ1n) is 8.54. The van der Waals surface area contributed by atoms with Crippen LogP contribution in [-0.2, 0) is 4.79 Å². The van der Waals surface area contributed by atoms with Crippen LogP contribution < -0.4 is 14.8 Å². The third kappa shape index (κ3) is 5.82. The average Bonchev–Trinajstić information content (AvgIpc) is 2.66. The standard InChI is InChI=1S/C21H25FN2O3/c1-24(2)19(15-6-5-7-17(22)12-15)14-23-21(25)11-8-16-13-18(26-3)9-10-20(16)27-4/h5-13,19H,14H2,1-4H3,(H,23,25)/b11-8+/t19-/m1/s1. The molecule has 0 aliphatic heterocycles. The zero-order valence-corrected chi connectivity index (χ0v) is 16.0. The van der Waals surface area contributed by atoms with Gasteiger partial charge < -0.3 is 19.7 Å². The van der Waals surface area contributed by atoms with Gasteiger partial charge in [-0.25, -0.2) is 4.39 Å². The first-order valence-corrected chi connectivity index (χ1v) is 8.54. The number of halogens is 1. The van der Waals surface area contributed by atoms with E-state index in [-0.39, 0.29) is 17.8 Å². The van der Waals surface area contributed by atoms with Crippen molar-refractivity contribution >= 4 is 12.0 Å². The van der Waals surface area contributed by atoms with Gasteiger partial charge in [-0.05, 0) is 56.1 Å². The minimum atomic E-state index is -0.296. The van der Waals surface area contributed by atoms with Crippen LogP contribution in [0, 0.1) is 5.82 Å². The number of likely N-dealkylation sites (N-methyl/N-ethyl adjacent to an activating group) is 1. The summed E-state index contributed by atoms with van der Waals surface area (Å²) < 4.78 is 24.0. The Hall–Kier alpha value is -2.86. The van der Waals surface area contributed by atoms with Crippen molar-refractivity contribution in [3.05, 3.63) is 65.5 Å². The van der Waals surface area contributed by atoms with Gasteiger partial charge in [-0.1, -0.05) is 12.1 Å². The Labute approximate surface area is 159 Å². The Morgan fingerprint density at radius 2 is 1.96 bits per heavy atom. The average molecular weight is 372 g/mol. The van der Waals surface area contributed by atoms with Gasteiger partial charge in [-0.2, -0.15) is 0 Å². The van der Waals surface area contributed by atoms with Crippen molar-refractivity contribution in [2.45, 2.75) is 6.04 Å². The Bertz CT molecular complexity index is 806. The summed E-state index contributed by atoms with van der Waals surface area (Å²) in [6.45, 7) is 0.356. The quantitative estimate of drug-likeness (QED) is 0.723. The summed E-state index contributed by atoms with van der Waals surface area (Å²) in [5, 5.41) is 2.86. The largest absolute Gasteiger partial charge is 0.497 e. The third-order valence-electron chi connectivity index (χ3n) is 4.18. The van der Waals surface area contributed by atoms with Crippen molar-refractivity contribution in [3.63, 3.8) is 0 Å². The molecule has 0 radical (unpaired) electrons. The molecule has 5 nitrogen and oxygen atoms in total. The molecule has 1 amide bonds. The first-order chi connectivity index (χ1) is 12.9. The summed E-state index contributed by atoms with van der Waals surface area (Å²) in [6, 6.07) is 11.6. The lowest BCUT2D eigenvalue weighted by Crippen LogP contribution is -2.33. The molecule has 2 rings (SSSR count). The molecule has 6 heteroatoms. The number of carbonyl (C=O) groups is 1. The van der Waals surface area contributed by atoms with E-state index in [1.165, 1.54) is 18.2 Å². The van der Waals surface area contributed by atoms with Crippen LogP contribution in [0.4, 0.5) is 4.39 Å². The highest BCUT2D eigenvalue weighted by molar-refractivity contribution is 5.92. The highest BCUT2D eigenvalue weighted by atomic mass is 19.1. The van der Waals surface area contributed by atoms with Gasteiger partial charge in [-0.3, -0.25) is 4.79 Å². The first kappa shape index (κ1) is 20.5. The van der Waals surface area contributed by atoms with Crippen LogP contribution in [0.15, 0.2) is 48.5 Å². The number of nitrogens with one attached hydrogen (secondary N) is 1. The van der Waals surface area contributed by atoms with E-state index in [2.05, 4.69) is 5.32 Å². The second-order valence-corrected chi connectivity index (χ2v) is 6.22. The fourth-order valence-electron chi connectivity index (χ4n) is 2.70. The molecule has 0 heterocycles. The van der Waals surface area contributed by atoms with Gasteiger partial charge in [0.15, 0.2) is 0 Å². The van der Waals surface area contributed by atoms with Crippen molar-refractivity contribution in [1.82, 2.24) is 10.2 Å². The van der Waals surface area contributed by atoms with Gasteiger partial charge in [0.25, 0.3) is 0 Å². The predicted molar refractivity (Wildman–Crippen MR) is 104 cm³/mol. The molecule has 0 fully saturated rings. The Kier molecular flexibility index (Phi) is 7.37. The topological polar surface area (TPSA) is 50.8 Å². The zero-order chi connectivity index (χ0) is 19.8. The fourth-order valence-corrected chi connectivity index (χ4v) is 2.70. The summed E-state index contributed by atoms with van der Waals surface area (Å²) in [5.74, 6) is 0.777. The summed E-state index contributed by atoms with van der Waals surface area (Å²) in [6.07, 6.45) is 3.11. The monoisotopic (exact) mass is 372 g/mol.